The molecule has 1 aliphatic carbocycles. The zero-order valence-corrected chi connectivity index (χ0v) is 8.56. The average Bonchev–Trinajstić information content (AvgIpc) is 3.11. The summed E-state index contributed by atoms with van der Waals surface area (Å²) < 4.78 is 0. The van der Waals surface area contributed by atoms with E-state index < -0.39 is 0 Å². The number of aromatic nitrogens is 1. The Kier molecular flexibility index (Phi) is 1.96. The first-order chi connectivity index (χ1) is 7.34. The Morgan fingerprint density at radius 1 is 1.27 bits per heavy atom. The number of fused-ring (bicyclic) bond motifs is 1. The fourth-order valence-electron chi connectivity index (χ4n) is 2.00. The van der Waals surface area contributed by atoms with Gasteiger partial charge in [-0.25, -0.2) is 0 Å². The summed E-state index contributed by atoms with van der Waals surface area (Å²) in [6.45, 7) is 0. The van der Waals surface area contributed by atoms with Crippen LogP contribution in [0.25, 0.3) is 10.9 Å². The van der Waals surface area contributed by atoms with E-state index in [2.05, 4.69) is 17.1 Å². The van der Waals surface area contributed by atoms with E-state index in [4.69, 9.17) is 5.73 Å². The predicted octanol–water partition coefficient (Wildman–Crippen LogP) is 2.64. The first-order valence-corrected chi connectivity index (χ1v) is 5.45. The van der Waals surface area contributed by atoms with Crippen LogP contribution < -0.4 is 5.73 Å². The van der Waals surface area contributed by atoms with Crippen molar-refractivity contribution in [2.75, 3.05) is 0 Å². The highest BCUT2D eigenvalue weighted by Gasteiger charge is 2.29. The molecule has 0 saturated heterocycles. The van der Waals surface area contributed by atoms with Crippen LogP contribution in [0.3, 0.4) is 0 Å². The van der Waals surface area contributed by atoms with Gasteiger partial charge in [-0.05, 0) is 36.5 Å². The molecule has 1 fully saturated rings. The summed E-state index contributed by atoms with van der Waals surface area (Å²) in [6, 6.07) is 10.5. The number of nitrogens with zero attached hydrogens (tertiary/aromatic N) is 1. The molecular weight excluding hydrogens is 184 g/mol. The van der Waals surface area contributed by atoms with E-state index >= 15 is 0 Å². The monoisotopic (exact) mass is 198 g/mol. The lowest BCUT2D eigenvalue weighted by molar-refractivity contribution is 0.632. The molecule has 1 aliphatic rings. The van der Waals surface area contributed by atoms with Gasteiger partial charge in [0.1, 0.15) is 0 Å². The van der Waals surface area contributed by atoms with Gasteiger partial charge in [-0.3, -0.25) is 4.98 Å². The van der Waals surface area contributed by atoms with Crippen LogP contribution in [-0.4, -0.2) is 4.98 Å². The Bertz CT molecular complexity index is 489. The predicted molar refractivity (Wildman–Crippen MR) is 61.4 cm³/mol. The quantitative estimate of drug-likeness (QED) is 0.805. The molecule has 1 aromatic heterocycles. The summed E-state index contributed by atoms with van der Waals surface area (Å²) in [5.41, 5.74) is 8.37. The van der Waals surface area contributed by atoms with Gasteiger partial charge in [0.05, 0.1) is 5.52 Å². The maximum Gasteiger partial charge on any atom is 0.0702 e. The SMILES string of the molecule is NC(c1cnc2ccccc2c1)C1CC1. The summed E-state index contributed by atoms with van der Waals surface area (Å²) in [5.74, 6) is 0.688. The second-order valence-corrected chi connectivity index (χ2v) is 4.32. The highest BCUT2D eigenvalue weighted by molar-refractivity contribution is 5.78. The van der Waals surface area contributed by atoms with Crippen molar-refractivity contribution in [2.24, 2.45) is 11.7 Å². The van der Waals surface area contributed by atoms with E-state index in [1.165, 1.54) is 23.8 Å². The van der Waals surface area contributed by atoms with Crippen molar-refractivity contribution in [2.45, 2.75) is 18.9 Å². The van der Waals surface area contributed by atoms with Gasteiger partial charge in [0.25, 0.3) is 0 Å². The van der Waals surface area contributed by atoms with Crippen molar-refractivity contribution in [3.8, 4) is 0 Å². The van der Waals surface area contributed by atoms with Gasteiger partial charge < -0.3 is 5.73 Å². The molecule has 2 nitrogen and oxygen atoms in total. The molecule has 2 N–H and O–H groups in total. The highest BCUT2D eigenvalue weighted by atomic mass is 14.7. The smallest absolute Gasteiger partial charge is 0.0702 e. The maximum atomic E-state index is 6.15. The number of para-hydroxylation sites is 1. The first kappa shape index (κ1) is 8.86. The van der Waals surface area contributed by atoms with E-state index in [1.807, 2.05) is 24.4 Å². The minimum atomic E-state index is 0.183. The molecule has 0 radical (unpaired) electrons. The molecule has 1 heterocycles. The minimum absolute atomic E-state index is 0.183. The van der Waals surface area contributed by atoms with Crippen LogP contribution in [0.2, 0.25) is 0 Å². The molecule has 2 aromatic rings. The largest absolute Gasteiger partial charge is 0.324 e. The number of rotatable bonds is 2. The summed E-state index contributed by atoms with van der Waals surface area (Å²) in [4.78, 5) is 4.43. The van der Waals surface area contributed by atoms with Crippen molar-refractivity contribution in [1.29, 1.82) is 0 Å². The lowest BCUT2D eigenvalue weighted by Gasteiger charge is -2.10. The summed E-state index contributed by atoms with van der Waals surface area (Å²) in [6.07, 6.45) is 4.47. The lowest BCUT2D eigenvalue weighted by atomic mass is 10.0. The Hall–Kier alpha value is -1.41. The van der Waals surface area contributed by atoms with Crippen molar-refractivity contribution in [3.63, 3.8) is 0 Å². The van der Waals surface area contributed by atoms with Crippen LogP contribution in [0.15, 0.2) is 36.5 Å². The Morgan fingerprint density at radius 2 is 2.07 bits per heavy atom. The molecule has 76 valence electrons. The van der Waals surface area contributed by atoms with Crippen molar-refractivity contribution >= 4 is 10.9 Å². The van der Waals surface area contributed by atoms with Crippen molar-refractivity contribution in [3.05, 3.63) is 42.1 Å². The topological polar surface area (TPSA) is 38.9 Å². The van der Waals surface area contributed by atoms with Gasteiger partial charge in [-0.15, -0.1) is 0 Å². The zero-order chi connectivity index (χ0) is 10.3. The Balaban J connectivity index is 2.05. The van der Waals surface area contributed by atoms with E-state index in [0.717, 1.165) is 5.52 Å². The van der Waals surface area contributed by atoms with Gasteiger partial charge >= 0.3 is 0 Å². The fourth-order valence-corrected chi connectivity index (χ4v) is 2.00. The molecular formula is C13H14N2. The summed E-state index contributed by atoms with van der Waals surface area (Å²) in [7, 11) is 0. The van der Waals surface area contributed by atoms with Crippen molar-refractivity contribution in [1.82, 2.24) is 4.98 Å². The number of hydrogen-bond donors (Lipinski definition) is 1. The lowest BCUT2D eigenvalue weighted by Crippen LogP contribution is -2.12. The third-order valence-corrected chi connectivity index (χ3v) is 3.13. The molecule has 15 heavy (non-hydrogen) atoms. The zero-order valence-electron chi connectivity index (χ0n) is 8.56. The van der Waals surface area contributed by atoms with Gasteiger partial charge in [0.2, 0.25) is 0 Å². The molecule has 0 amide bonds. The van der Waals surface area contributed by atoms with Crippen LogP contribution in [0.1, 0.15) is 24.4 Å². The van der Waals surface area contributed by atoms with Gasteiger partial charge in [-0.1, -0.05) is 18.2 Å². The van der Waals surface area contributed by atoms with Gasteiger partial charge in [-0.2, -0.15) is 0 Å². The third kappa shape index (κ3) is 1.61. The molecule has 1 aromatic carbocycles. The number of benzene rings is 1. The standard InChI is InChI=1S/C13H14N2/c14-13(9-5-6-9)11-7-10-3-1-2-4-12(10)15-8-11/h1-4,7-9,13H,5-6,14H2. The normalized spacial score (nSPS) is 17.9. The Labute approximate surface area is 89.1 Å². The maximum absolute atomic E-state index is 6.15. The number of pyridine rings is 1. The van der Waals surface area contributed by atoms with E-state index in [9.17, 15) is 0 Å². The average molecular weight is 198 g/mol. The first-order valence-electron chi connectivity index (χ1n) is 5.45. The van der Waals surface area contributed by atoms with Crippen LogP contribution in [0.4, 0.5) is 0 Å². The van der Waals surface area contributed by atoms with Gasteiger partial charge in [0.15, 0.2) is 0 Å². The molecule has 0 spiro atoms. The molecule has 1 saturated carbocycles. The molecule has 0 bridgehead atoms. The fraction of sp³-hybridized carbons (Fsp3) is 0.308. The highest BCUT2D eigenvalue weighted by Crippen LogP contribution is 2.39. The minimum Gasteiger partial charge on any atom is -0.324 e. The van der Waals surface area contributed by atoms with Gasteiger partial charge in [0, 0.05) is 17.6 Å². The van der Waals surface area contributed by atoms with Crippen LogP contribution in [0.5, 0.6) is 0 Å². The summed E-state index contributed by atoms with van der Waals surface area (Å²) in [5, 5.41) is 1.19. The molecule has 1 atom stereocenters. The molecule has 2 heteroatoms. The van der Waals surface area contributed by atoms with Crippen LogP contribution >= 0.6 is 0 Å². The number of hydrogen-bond acceptors (Lipinski definition) is 2. The van der Waals surface area contributed by atoms with E-state index in [-0.39, 0.29) is 6.04 Å². The van der Waals surface area contributed by atoms with E-state index in [0.29, 0.717) is 5.92 Å². The number of nitrogens with two attached hydrogens (primary N) is 1. The molecule has 1 unspecified atom stereocenters. The Morgan fingerprint density at radius 3 is 2.87 bits per heavy atom. The molecule has 3 rings (SSSR count). The van der Waals surface area contributed by atoms with Crippen molar-refractivity contribution < 1.29 is 0 Å². The van der Waals surface area contributed by atoms with Crippen LogP contribution in [-0.2, 0) is 0 Å². The second-order valence-electron chi connectivity index (χ2n) is 4.32. The van der Waals surface area contributed by atoms with Crippen LogP contribution in [0, 0.1) is 5.92 Å². The van der Waals surface area contributed by atoms with E-state index in [1.54, 1.807) is 0 Å². The molecule has 0 aliphatic heterocycles. The third-order valence-electron chi connectivity index (χ3n) is 3.13. The summed E-state index contributed by atoms with van der Waals surface area (Å²) >= 11 is 0. The second kappa shape index (κ2) is 3.31.